The van der Waals surface area contributed by atoms with E-state index in [9.17, 15) is 10.2 Å². The van der Waals surface area contributed by atoms with Crippen LogP contribution in [0, 0.1) is 0 Å². The molecule has 0 radical (unpaired) electrons. The Kier molecular flexibility index (Phi) is 5.74. The molecule has 4 nitrogen and oxygen atoms in total. The van der Waals surface area contributed by atoms with E-state index < -0.39 is 0 Å². The zero-order chi connectivity index (χ0) is 16.8. The molecule has 0 aliphatic rings. The first-order valence-corrected chi connectivity index (χ1v) is 7.98. The van der Waals surface area contributed by atoms with Crippen LogP contribution in [0.5, 0.6) is 28.7 Å². The summed E-state index contributed by atoms with van der Waals surface area (Å²) in [6.07, 6.45) is 3.55. The van der Waals surface area contributed by atoms with Gasteiger partial charge in [-0.05, 0) is 36.6 Å². The summed E-state index contributed by atoms with van der Waals surface area (Å²) in [5.74, 6) is 1.96. The molecule has 2 N–H and O–H groups in total. The second-order valence-corrected chi connectivity index (χ2v) is 5.57. The molecule has 0 heterocycles. The molecule has 0 aliphatic heterocycles. The van der Waals surface area contributed by atoms with Crippen molar-refractivity contribution in [3.8, 4) is 28.7 Å². The molecule has 4 heteroatoms. The number of ether oxygens (including phenoxy) is 2. The monoisotopic (exact) mass is 316 g/mol. The van der Waals surface area contributed by atoms with Gasteiger partial charge in [-0.3, -0.25) is 0 Å². The Morgan fingerprint density at radius 2 is 1.57 bits per heavy atom. The van der Waals surface area contributed by atoms with E-state index in [1.165, 1.54) is 6.07 Å². The summed E-state index contributed by atoms with van der Waals surface area (Å²) in [5, 5.41) is 19.7. The van der Waals surface area contributed by atoms with Crippen molar-refractivity contribution in [2.45, 2.75) is 39.5 Å². The zero-order valence-electron chi connectivity index (χ0n) is 13.9. The highest BCUT2D eigenvalue weighted by Crippen LogP contribution is 2.39. The van der Waals surface area contributed by atoms with Crippen LogP contribution in [-0.4, -0.2) is 17.3 Å². The molecule has 2 rings (SSSR count). The number of hydrogen-bond donors (Lipinski definition) is 2. The minimum Gasteiger partial charge on any atom is -0.508 e. The van der Waals surface area contributed by atoms with E-state index in [0.717, 1.165) is 36.8 Å². The Hall–Kier alpha value is -2.36. The Morgan fingerprint density at radius 1 is 0.870 bits per heavy atom. The maximum atomic E-state index is 9.89. The van der Waals surface area contributed by atoms with Gasteiger partial charge in [0, 0.05) is 17.7 Å². The van der Waals surface area contributed by atoms with Crippen molar-refractivity contribution in [3.63, 3.8) is 0 Å². The highest BCUT2D eigenvalue weighted by Gasteiger charge is 2.14. The molecule has 0 bridgehead atoms. The molecule has 0 amide bonds. The van der Waals surface area contributed by atoms with Gasteiger partial charge in [0.25, 0.3) is 0 Å². The van der Waals surface area contributed by atoms with E-state index in [1.807, 2.05) is 6.07 Å². The van der Waals surface area contributed by atoms with Crippen LogP contribution in [0.3, 0.4) is 0 Å². The van der Waals surface area contributed by atoms with Gasteiger partial charge in [0.2, 0.25) is 0 Å². The maximum Gasteiger partial charge on any atom is 0.172 e. The minimum atomic E-state index is 0.153. The van der Waals surface area contributed by atoms with Crippen LogP contribution in [-0.2, 0) is 12.8 Å². The molecule has 2 aromatic carbocycles. The van der Waals surface area contributed by atoms with Gasteiger partial charge in [-0.25, -0.2) is 0 Å². The summed E-state index contributed by atoms with van der Waals surface area (Å²) < 4.78 is 11.4. The van der Waals surface area contributed by atoms with Gasteiger partial charge in [-0.2, -0.15) is 0 Å². The molecule has 0 aromatic heterocycles. The van der Waals surface area contributed by atoms with Crippen LogP contribution in [0.2, 0.25) is 0 Å². The fraction of sp³-hybridized carbons (Fsp3) is 0.368. The third kappa shape index (κ3) is 4.31. The number of methoxy groups -OCH3 is 1. The minimum absolute atomic E-state index is 0.153. The van der Waals surface area contributed by atoms with Crippen LogP contribution in [0.25, 0.3) is 0 Å². The topological polar surface area (TPSA) is 58.9 Å². The standard InChI is InChI=1S/C19H24O4/c1-4-6-13-8-15(20)11-17(9-13)23-19-14(7-5-2)10-16(21)12-18(19)22-3/h8-12,20-21H,4-7H2,1-3H3. The summed E-state index contributed by atoms with van der Waals surface area (Å²) in [6, 6.07) is 8.48. The highest BCUT2D eigenvalue weighted by molar-refractivity contribution is 5.54. The van der Waals surface area contributed by atoms with Gasteiger partial charge in [0.1, 0.15) is 17.2 Å². The summed E-state index contributed by atoms with van der Waals surface area (Å²) in [7, 11) is 1.54. The van der Waals surface area contributed by atoms with Crippen molar-refractivity contribution in [1.82, 2.24) is 0 Å². The number of phenolic OH excluding ortho intramolecular Hbond substituents is 2. The molecular formula is C19H24O4. The molecule has 0 atom stereocenters. The molecule has 23 heavy (non-hydrogen) atoms. The van der Waals surface area contributed by atoms with Gasteiger partial charge < -0.3 is 19.7 Å². The molecule has 0 unspecified atom stereocenters. The van der Waals surface area contributed by atoms with E-state index in [4.69, 9.17) is 9.47 Å². The Labute approximate surface area is 137 Å². The lowest BCUT2D eigenvalue weighted by Crippen LogP contribution is -1.97. The fourth-order valence-corrected chi connectivity index (χ4v) is 2.62. The van der Waals surface area contributed by atoms with Crippen molar-refractivity contribution in [1.29, 1.82) is 0 Å². The summed E-state index contributed by atoms with van der Waals surface area (Å²) in [6.45, 7) is 4.15. The van der Waals surface area contributed by atoms with Crippen molar-refractivity contribution in [2.75, 3.05) is 7.11 Å². The molecule has 0 saturated heterocycles. The van der Waals surface area contributed by atoms with Crippen LogP contribution in [0.4, 0.5) is 0 Å². The Balaban J connectivity index is 2.42. The average molecular weight is 316 g/mol. The number of rotatable bonds is 7. The quantitative estimate of drug-likeness (QED) is 0.770. The number of aryl methyl sites for hydroxylation is 2. The lowest BCUT2D eigenvalue weighted by atomic mass is 10.1. The predicted molar refractivity (Wildman–Crippen MR) is 90.8 cm³/mol. The lowest BCUT2D eigenvalue weighted by Gasteiger charge is -2.16. The summed E-state index contributed by atoms with van der Waals surface area (Å²) in [4.78, 5) is 0. The number of aromatic hydroxyl groups is 2. The molecule has 0 aliphatic carbocycles. The van der Waals surface area contributed by atoms with Crippen LogP contribution in [0.15, 0.2) is 30.3 Å². The Morgan fingerprint density at radius 3 is 2.22 bits per heavy atom. The first-order valence-electron chi connectivity index (χ1n) is 7.98. The fourth-order valence-electron chi connectivity index (χ4n) is 2.62. The smallest absolute Gasteiger partial charge is 0.172 e. The van der Waals surface area contributed by atoms with Gasteiger partial charge in [-0.1, -0.05) is 26.7 Å². The average Bonchev–Trinajstić information content (AvgIpc) is 2.49. The van der Waals surface area contributed by atoms with Gasteiger partial charge in [0.15, 0.2) is 11.5 Å². The number of hydrogen-bond acceptors (Lipinski definition) is 4. The van der Waals surface area contributed by atoms with E-state index in [1.54, 1.807) is 25.3 Å². The normalized spacial score (nSPS) is 10.6. The van der Waals surface area contributed by atoms with Crippen LogP contribution < -0.4 is 9.47 Å². The molecule has 0 saturated carbocycles. The first kappa shape index (κ1) is 17.0. The third-order valence-electron chi connectivity index (χ3n) is 3.57. The van der Waals surface area contributed by atoms with Crippen LogP contribution >= 0.6 is 0 Å². The molecule has 0 spiro atoms. The SMILES string of the molecule is CCCc1cc(O)cc(Oc2c(CCC)cc(O)cc2OC)c1. The lowest BCUT2D eigenvalue weighted by molar-refractivity contribution is 0.369. The molecular weight excluding hydrogens is 292 g/mol. The van der Waals surface area contributed by atoms with Crippen molar-refractivity contribution in [2.24, 2.45) is 0 Å². The Bertz CT molecular complexity index is 665. The number of phenols is 2. The van der Waals surface area contributed by atoms with Gasteiger partial charge >= 0.3 is 0 Å². The summed E-state index contributed by atoms with van der Waals surface area (Å²) in [5.41, 5.74) is 1.90. The second kappa shape index (κ2) is 7.77. The second-order valence-electron chi connectivity index (χ2n) is 5.57. The van der Waals surface area contributed by atoms with E-state index in [0.29, 0.717) is 17.2 Å². The number of benzene rings is 2. The van der Waals surface area contributed by atoms with E-state index >= 15 is 0 Å². The third-order valence-corrected chi connectivity index (χ3v) is 3.57. The summed E-state index contributed by atoms with van der Waals surface area (Å²) >= 11 is 0. The molecule has 2 aromatic rings. The predicted octanol–water partition coefficient (Wildman–Crippen LogP) is 4.80. The molecule has 124 valence electrons. The maximum absolute atomic E-state index is 9.89. The zero-order valence-corrected chi connectivity index (χ0v) is 13.9. The van der Waals surface area contributed by atoms with Crippen molar-refractivity contribution in [3.05, 3.63) is 41.5 Å². The van der Waals surface area contributed by atoms with Crippen molar-refractivity contribution >= 4 is 0 Å². The highest BCUT2D eigenvalue weighted by atomic mass is 16.5. The first-order chi connectivity index (χ1) is 11.1. The van der Waals surface area contributed by atoms with Gasteiger partial charge in [-0.15, -0.1) is 0 Å². The van der Waals surface area contributed by atoms with Gasteiger partial charge in [0.05, 0.1) is 7.11 Å². The van der Waals surface area contributed by atoms with Crippen LogP contribution in [0.1, 0.15) is 37.8 Å². The van der Waals surface area contributed by atoms with E-state index in [-0.39, 0.29) is 11.5 Å². The van der Waals surface area contributed by atoms with E-state index in [2.05, 4.69) is 13.8 Å². The van der Waals surface area contributed by atoms with Crippen molar-refractivity contribution < 1.29 is 19.7 Å². The molecule has 0 fully saturated rings. The largest absolute Gasteiger partial charge is 0.508 e.